The molecule has 1 amide bonds. The molecule has 4 aromatic rings. The van der Waals surface area contributed by atoms with E-state index in [1.54, 1.807) is 18.2 Å². The summed E-state index contributed by atoms with van der Waals surface area (Å²) in [5, 5.41) is 19.9. The lowest BCUT2D eigenvalue weighted by Crippen LogP contribution is -2.18. The average Bonchev–Trinajstić information content (AvgIpc) is 3.23. The van der Waals surface area contributed by atoms with Crippen LogP contribution in [0.2, 0.25) is 0 Å². The van der Waals surface area contributed by atoms with Crippen molar-refractivity contribution in [2.24, 2.45) is 0 Å². The predicted octanol–water partition coefficient (Wildman–Crippen LogP) is 3.17. The van der Waals surface area contributed by atoms with Crippen LogP contribution >= 0.6 is 0 Å². The van der Waals surface area contributed by atoms with Gasteiger partial charge in [-0.25, -0.2) is 4.98 Å². The van der Waals surface area contributed by atoms with Gasteiger partial charge in [0.05, 0.1) is 17.3 Å². The van der Waals surface area contributed by atoms with Crippen molar-refractivity contribution in [1.29, 1.82) is 5.26 Å². The van der Waals surface area contributed by atoms with Crippen LogP contribution in [-0.4, -0.2) is 28.5 Å². The van der Waals surface area contributed by atoms with Gasteiger partial charge in [0.1, 0.15) is 16.8 Å². The third-order valence-corrected chi connectivity index (χ3v) is 6.86. The molecule has 158 valence electrons. The van der Waals surface area contributed by atoms with E-state index in [4.69, 9.17) is 0 Å². The van der Waals surface area contributed by atoms with E-state index in [9.17, 15) is 18.5 Å². The van der Waals surface area contributed by atoms with Crippen molar-refractivity contribution in [3.63, 3.8) is 0 Å². The summed E-state index contributed by atoms with van der Waals surface area (Å²) in [6.45, 7) is 0. The number of aromatic nitrogens is 3. The third-order valence-electron chi connectivity index (χ3n) is 5.21. The standard InChI is InChI=1S/C22H16N6O3S/c23-11-15-3-1-2-4-20(15)32(30,31)28-19-10-21(24-12-16(19)13-25-28)26-17-6-7-18-14(9-17)5-8-22(29)27-18/h1-4,6-7,9-10,12-13H,5,8H2,(H,24,26)(H,27,29). The van der Waals surface area contributed by atoms with Crippen molar-refractivity contribution in [2.45, 2.75) is 17.7 Å². The molecule has 0 atom stereocenters. The summed E-state index contributed by atoms with van der Waals surface area (Å²) >= 11 is 0. The summed E-state index contributed by atoms with van der Waals surface area (Å²) in [6, 6.07) is 15.1. The van der Waals surface area contributed by atoms with Crippen LogP contribution in [0.1, 0.15) is 17.5 Å². The van der Waals surface area contributed by atoms with E-state index in [1.165, 1.54) is 24.5 Å². The van der Waals surface area contributed by atoms with Gasteiger partial charge in [-0.2, -0.15) is 22.9 Å². The van der Waals surface area contributed by atoms with Gasteiger partial charge in [-0.3, -0.25) is 4.79 Å². The molecule has 1 aliphatic rings. The first-order valence-corrected chi connectivity index (χ1v) is 11.2. The molecule has 0 radical (unpaired) electrons. The fraction of sp³-hybridized carbons (Fsp3) is 0.0909. The van der Waals surface area contributed by atoms with E-state index in [0.717, 1.165) is 21.0 Å². The number of benzene rings is 2. The molecule has 32 heavy (non-hydrogen) atoms. The van der Waals surface area contributed by atoms with E-state index in [2.05, 4.69) is 20.7 Å². The number of nitrogens with zero attached hydrogens (tertiary/aromatic N) is 4. The van der Waals surface area contributed by atoms with Crippen LogP contribution in [0.15, 0.2) is 65.8 Å². The zero-order valence-electron chi connectivity index (χ0n) is 16.6. The van der Waals surface area contributed by atoms with Crippen LogP contribution in [0, 0.1) is 11.3 Å². The molecule has 9 nitrogen and oxygen atoms in total. The summed E-state index contributed by atoms with van der Waals surface area (Å²) in [4.78, 5) is 15.8. The predicted molar refractivity (Wildman–Crippen MR) is 118 cm³/mol. The molecule has 0 saturated carbocycles. The first-order chi connectivity index (χ1) is 15.5. The molecule has 10 heteroatoms. The van der Waals surface area contributed by atoms with E-state index >= 15 is 0 Å². The second-order valence-corrected chi connectivity index (χ2v) is 9.01. The van der Waals surface area contributed by atoms with Gasteiger partial charge in [-0.05, 0) is 42.3 Å². The van der Waals surface area contributed by atoms with E-state index in [0.29, 0.717) is 29.6 Å². The van der Waals surface area contributed by atoms with Crippen LogP contribution in [0.4, 0.5) is 17.2 Å². The quantitative estimate of drug-likeness (QED) is 0.494. The zero-order valence-corrected chi connectivity index (χ0v) is 17.4. The molecule has 2 N–H and O–H groups in total. The van der Waals surface area contributed by atoms with Crippen LogP contribution < -0.4 is 10.6 Å². The van der Waals surface area contributed by atoms with E-state index in [1.807, 2.05) is 24.3 Å². The number of rotatable bonds is 4. The number of carbonyl (C=O) groups is 1. The monoisotopic (exact) mass is 444 g/mol. The number of anilines is 3. The van der Waals surface area contributed by atoms with Crippen molar-refractivity contribution >= 4 is 44.0 Å². The third kappa shape index (κ3) is 3.34. The number of hydrogen-bond acceptors (Lipinski definition) is 7. The van der Waals surface area contributed by atoms with E-state index in [-0.39, 0.29) is 16.4 Å². The van der Waals surface area contributed by atoms with Gasteiger partial charge >= 0.3 is 0 Å². The largest absolute Gasteiger partial charge is 0.340 e. The highest BCUT2D eigenvalue weighted by molar-refractivity contribution is 7.90. The highest BCUT2D eigenvalue weighted by Crippen LogP contribution is 2.28. The lowest BCUT2D eigenvalue weighted by molar-refractivity contribution is -0.116. The maximum absolute atomic E-state index is 13.2. The molecule has 2 aromatic heterocycles. The maximum atomic E-state index is 13.2. The van der Waals surface area contributed by atoms with Gasteiger partial charge in [-0.15, -0.1) is 0 Å². The molecular formula is C22H16N6O3S. The number of fused-ring (bicyclic) bond motifs is 2. The Morgan fingerprint density at radius 1 is 1.09 bits per heavy atom. The van der Waals surface area contributed by atoms with Gasteiger partial charge in [0.15, 0.2) is 0 Å². The van der Waals surface area contributed by atoms with Crippen LogP contribution in [-0.2, 0) is 21.2 Å². The molecule has 0 unspecified atom stereocenters. The smallest absolute Gasteiger partial charge is 0.284 e. The Labute approximate surface area is 183 Å². The Bertz CT molecular complexity index is 1540. The zero-order chi connectivity index (χ0) is 22.3. The normalized spacial score (nSPS) is 13.3. The van der Waals surface area contributed by atoms with E-state index < -0.39 is 10.0 Å². The van der Waals surface area contributed by atoms with Gasteiger partial charge in [0, 0.05) is 35.4 Å². The summed E-state index contributed by atoms with van der Waals surface area (Å²) in [5.41, 5.74) is 2.94. The Balaban J connectivity index is 1.52. The average molecular weight is 444 g/mol. The summed E-state index contributed by atoms with van der Waals surface area (Å²) < 4.78 is 27.3. The molecule has 0 bridgehead atoms. The number of aryl methyl sites for hydroxylation is 1. The first-order valence-electron chi connectivity index (χ1n) is 9.74. The minimum Gasteiger partial charge on any atom is -0.340 e. The van der Waals surface area contributed by atoms with Crippen molar-refractivity contribution < 1.29 is 13.2 Å². The van der Waals surface area contributed by atoms with Crippen LogP contribution in [0.5, 0.6) is 0 Å². The summed E-state index contributed by atoms with van der Waals surface area (Å²) in [7, 11) is -4.08. The lowest BCUT2D eigenvalue weighted by Gasteiger charge is -2.18. The number of hydrogen-bond donors (Lipinski definition) is 2. The number of pyridine rings is 1. The van der Waals surface area contributed by atoms with Gasteiger partial charge in [0.2, 0.25) is 5.91 Å². The molecule has 3 heterocycles. The Kier molecular flexibility index (Phi) is 4.61. The summed E-state index contributed by atoms with van der Waals surface area (Å²) in [6.07, 6.45) is 4.03. The Morgan fingerprint density at radius 3 is 2.78 bits per heavy atom. The van der Waals surface area contributed by atoms with Crippen LogP contribution in [0.3, 0.4) is 0 Å². The van der Waals surface area contributed by atoms with Gasteiger partial charge in [0.25, 0.3) is 10.0 Å². The first kappa shape index (κ1) is 19.7. The molecule has 0 spiro atoms. The number of nitrogens with one attached hydrogen (secondary N) is 2. The Morgan fingerprint density at radius 2 is 1.94 bits per heavy atom. The molecule has 1 aliphatic heterocycles. The number of nitriles is 1. The number of amides is 1. The van der Waals surface area contributed by atoms with Crippen LogP contribution in [0.25, 0.3) is 10.9 Å². The van der Waals surface area contributed by atoms with Crippen molar-refractivity contribution in [3.8, 4) is 6.07 Å². The molecule has 0 fully saturated rings. The topological polar surface area (TPSA) is 130 Å². The molecule has 2 aromatic carbocycles. The molecule has 0 aliphatic carbocycles. The fourth-order valence-electron chi connectivity index (χ4n) is 3.64. The lowest BCUT2D eigenvalue weighted by atomic mass is 10.0. The maximum Gasteiger partial charge on any atom is 0.284 e. The van der Waals surface area contributed by atoms with Crippen molar-refractivity contribution in [3.05, 3.63) is 72.1 Å². The van der Waals surface area contributed by atoms with Crippen molar-refractivity contribution in [1.82, 2.24) is 14.2 Å². The molecular weight excluding hydrogens is 428 g/mol. The van der Waals surface area contributed by atoms with Gasteiger partial charge in [-0.1, -0.05) is 12.1 Å². The van der Waals surface area contributed by atoms with Crippen molar-refractivity contribution in [2.75, 3.05) is 10.6 Å². The fourth-order valence-corrected chi connectivity index (χ4v) is 5.06. The Hall–Kier alpha value is -4.23. The second-order valence-electron chi connectivity index (χ2n) is 7.27. The molecule has 5 rings (SSSR count). The SMILES string of the molecule is N#Cc1ccccc1S(=O)(=O)n1ncc2cnc(Nc3ccc4c(c3)CCC(=O)N4)cc21. The van der Waals surface area contributed by atoms with Gasteiger partial charge < -0.3 is 10.6 Å². The second kappa shape index (κ2) is 7.47. The minimum atomic E-state index is -4.08. The highest BCUT2D eigenvalue weighted by atomic mass is 32.2. The highest BCUT2D eigenvalue weighted by Gasteiger charge is 2.24. The number of carbonyl (C=O) groups excluding carboxylic acids is 1. The minimum absolute atomic E-state index is 0.00206. The summed E-state index contributed by atoms with van der Waals surface area (Å²) in [5.74, 6) is 0.431. The molecule has 0 saturated heterocycles.